The third-order valence-corrected chi connectivity index (χ3v) is 4.35. The number of hydrogen-bond donors (Lipinski definition) is 2. The van der Waals surface area contributed by atoms with E-state index >= 15 is 0 Å². The van der Waals surface area contributed by atoms with Crippen molar-refractivity contribution < 1.29 is 5.11 Å². The van der Waals surface area contributed by atoms with Gasteiger partial charge in [0.25, 0.3) is 0 Å². The lowest BCUT2D eigenvalue weighted by Gasteiger charge is -2.28. The van der Waals surface area contributed by atoms with Crippen molar-refractivity contribution in [2.45, 2.75) is 65.7 Å². The summed E-state index contributed by atoms with van der Waals surface area (Å²) in [4.78, 5) is 0. The van der Waals surface area contributed by atoms with Gasteiger partial charge in [-0.3, -0.25) is 0 Å². The van der Waals surface area contributed by atoms with Crippen LogP contribution in [0.15, 0.2) is 36.4 Å². The number of aryl methyl sites for hydroxylation is 1. The van der Waals surface area contributed by atoms with Gasteiger partial charge >= 0.3 is 0 Å². The Balaban J connectivity index is 2.53. The van der Waals surface area contributed by atoms with Gasteiger partial charge in [0, 0.05) is 22.5 Å². The van der Waals surface area contributed by atoms with Crippen molar-refractivity contribution in [3.8, 4) is 5.75 Å². The van der Waals surface area contributed by atoms with E-state index in [1.54, 1.807) is 0 Å². The molecule has 0 spiro atoms. The summed E-state index contributed by atoms with van der Waals surface area (Å²) in [7, 11) is 0. The summed E-state index contributed by atoms with van der Waals surface area (Å²) in [5, 5.41) is 14.3. The third-order valence-electron chi connectivity index (χ3n) is 4.35. The maximum Gasteiger partial charge on any atom is 0.123 e. The SMILES string of the molecule is CCc1cccc(Nc2cc(C(C)(C)C)c(O)c(C(C)(C)C)c2)c1. The second-order valence-electron chi connectivity index (χ2n) is 8.60. The first-order valence-electron chi connectivity index (χ1n) is 8.76. The Bertz CT molecular complexity index is 682. The van der Waals surface area contributed by atoms with Crippen LogP contribution in [0.25, 0.3) is 0 Å². The first-order valence-corrected chi connectivity index (χ1v) is 8.76. The van der Waals surface area contributed by atoms with Gasteiger partial charge in [0.05, 0.1) is 0 Å². The van der Waals surface area contributed by atoms with Gasteiger partial charge in [-0.1, -0.05) is 60.6 Å². The van der Waals surface area contributed by atoms with Gasteiger partial charge in [0.2, 0.25) is 0 Å². The van der Waals surface area contributed by atoms with E-state index in [2.05, 4.69) is 90.2 Å². The molecule has 130 valence electrons. The topological polar surface area (TPSA) is 32.3 Å². The van der Waals surface area contributed by atoms with E-state index in [4.69, 9.17) is 0 Å². The molecule has 0 heterocycles. The van der Waals surface area contributed by atoms with Crippen LogP contribution < -0.4 is 5.32 Å². The van der Waals surface area contributed by atoms with E-state index in [1.807, 2.05) is 0 Å². The molecule has 0 amide bonds. The highest BCUT2D eigenvalue weighted by molar-refractivity contribution is 5.66. The van der Waals surface area contributed by atoms with Gasteiger partial charge in [-0.05, 0) is 47.1 Å². The summed E-state index contributed by atoms with van der Waals surface area (Å²) < 4.78 is 0. The van der Waals surface area contributed by atoms with E-state index < -0.39 is 0 Å². The summed E-state index contributed by atoms with van der Waals surface area (Å²) in [6, 6.07) is 12.6. The highest BCUT2D eigenvalue weighted by atomic mass is 16.3. The van der Waals surface area contributed by atoms with Crippen molar-refractivity contribution in [2.75, 3.05) is 5.32 Å². The third kappa shape index (κ3) is 4.11. The largest absolute Gasteiger partial charge is 0.507 e. The normalized spacial score (nSPS) is 12.3. The predicted molar refractivity (Wildman–Crippen MR) is 105 cm³/mol. The quantitative estimate of drug-likeness (QED) is 0.650. The van der Waals surface area contributed by atoms with Crippen LogP contribution in [0.2, 0.25) is 0 Å². The number of rotatable bonds is 3. The zero-order chi connectivity index (χ0) is 18.1. The first kappa shape index (κ1) is 18.4. The standard InChI is InChI=1S/C22H31NO/c1-8-15-10-9-11-16(12-15)23-17-13-18(21(2,3)4)20(24)19(14-17)22(5,6)7/h9-14,23-24H,8H2,1-7H3. The minimum atomic E-state index is -0.118. The van der Waals surface area contributed by atoms with E-state index in [9.17, 15) is 5.11 Å². The molecule has 0 aromatic heterocycles. The van der Waals surface area contributed by atoms with Gasteiger partial charge in [-0.15, -0.1) is 0 Å². The monoisotopic (exact) mass is 325 g/mol. The van der Waals surface area contributed by atoms with Crippen LogP contribution in [0.4, 0.5) is 11.4 Å². The molecule has 0 radical (unpaired) electrons. The second-order valence-corrected chi connectivity index (χ2v) is 8.60. The van der Waals surface area contributed by atoms with Gasteiger partial charge in [0.1, 0.15) is 5.75 Å². The Kier molecular flexibility index (Phi) is 4.98. The summed E-state index contributed by atoms with van der Waals surface area (Å²) >= 11 is 0. The minimum Gasteiger partial charge on any atom is -0.507 e. The Morgan fingerprint density at radius 3 is 1.83 bits per heavy atom. The first-order chi connectivity index (χ1) is 11.0. The van der Waals surface area contributed by atoms with Crippen molar-refractivity contribution in [1.29, 1.82) is 0 Å². The molecular weight excluding hydrogens is 294 g/mol. The fraction of sp³-hybridized carbons (Fsp3) is 0.455. The lowest BCUT2D eigenvalue weighted by Crippen LogP contribution is -2.17. The second kappa shape index (κ2) is 6.51. The zero-order valence-corrected chi connectivity index (χ0v) is 16.1. The average molecular weight is 325 g/mol. The fourth-order valence-corrected chi connectivity index (χ4v) is 2.89. The van der Waals surface area contributed by atoms with Gasteiger partial charge in [0.15, 0.2) is 0 Å². The Hall–Kier alpha value is -1.96. The molecule has 0 saturated carbocycles. The predicted octanol–water partition coefficient (Wildman–Crippen LogP) is 6.29. The lowest BCUT2D eigenvalue weighted by atomic mass is 9.79. The summed E-state index contributed by atoms with van der Waals surface area (Å²) in [5.41, 5.74) is 5.13. The van der Waals surface area contributed by atoms with Crippen LogP contribution in [0.1, 0.15) is 65.2 Å². The molecule has 0 aliphatic rings. The van der Waals surface area contributed by atoms with Crippen LogP contribution in [0.3, 0.4) is 0 Å². The summed E-state index contributed by atoms with van der Waals surface area (Å²) in [6.45, 7) is 15.0. The van der Waals surface area contributed by atoms with E-state index in [-0.39, 0.29) is 10.8 Å². The molecule has 2 N–H and O–H groups in total. The number of nitrogens with one attached hydrogen (secondary N) is 1. The molecule has 0 fully saturated rings. The van der Waals surface area contributed by atoms with Crippen LogP contribution >= 0.6 is 0 Å². The van der Waals surface area contributed by atoms with Crippen LogP contribution in [0, 0.1) is 0 Å². The number of aromatic hydroxyl groups is 1. The molecule has 0 aliphatic heterocycles. The molecule has 0 saturated heterocycles. The minimum absolute atomic E-state index is 0.118. The van der Waals surface area contributed by atoms with Crippen LogP contribution in [-0.4, -0.2) is 5.11 Å². The van der Waals surface area contributed by atoms with Crippen LogP contribution in [-0.2, 0) is 17.3 Å². The molecule has 0 atom stereocenters. The molecule has 2 rings (SSSR count). The molecular formula is C22H31NO. The van der Waals surface area contributed by atoms with Crippen molar-refractivity contribution in [1.82, 2.24) is 0 Å². The molecule has 2 nitrogen and oxygen atoms in total. The number of benzene rings is 2. The van der Waals surface area contributed by atoms with Crippen molar-refractivity contribution in [3.63, 3.8) is 0 Å². The molecule has 0 aliphatic carbocycles. The highest BCUT2D eigenvalue weighted by Crippen LogP contribution is 2.41. The van der Waals surface area contributed by atoms with Crippen molar-refractivity contribution in [2.24, 2.45) is 0 Å². The summed E-state index contributed by atoms with van der Waals surface area (Å²) in [6.07, 6.45) is 1.02. The maximum absolute atomic E-state index is 10.8. The number of phenolic OH excluding ortho intramolecular Hbond substituents is 1. The van der Waals surface area contributed by atoms with Gasteiger partial charge in [-0.25, -0.2) is 0 Å². The van der Waals surface area contributed by atoms with Gasteiger partial charge < -0.3 is 10.4 Å². The van der Waals surface area contributed by atoms with E-state index in [0.29, 0.717) is 5.75 Å². The average Bonchev–Trinajstić information content (AvgIpc) is 2.46. The molecule has 2 aromatic rings. The molecule has 24 heavy (non-hydrogen) atoms. The van der Waals surface area contributed by atoms with Crippen molar-refractivity contribution in [3.05, 3.63) is 53.1 Å². The number of anilines is 2. The van der Waals surface area contributed by atoms with Crippen molar-refractivity contribution >= 4 is 11.4 Å². The Morgan fingerprint density at radius 2 is 1.38 bits per heavy atom. The molecule has 2 heteroatoms. The van der Waals surface area contributed by atoms with Crippen LogP contribution in [0.5, 0.6) is 5.75 Å². The molecule has 0 unspecified atom stereocenters. The molecule has 0 bridgehead atoms. The van der Waals surface area contributed by atoms with Gasteiger partial charge in [-0.2, -0.15) is 0 Å². The smallest absolute Gasteiger partial charge is 0.123 e. The summed E-state index contributed by atoms with van der Waals surface area (Å²) in [5.74, 6) is 0.419. The zero-order valence-electron chi connectivity index (χ0n) is 16.1. The maximum atomic E-state index is 10.8. The molecule has 2 aromatic carbocycles. The number of hydrogen-bond acceptors (Lipinski definition) is 2. The Labute approximate surface area is 146 Å². The highest BCUT2D eigenvalue weighted by Gasteiger charge is 2.26. The number of phenols is 1. The van der Waals surface area contributed by atoms with E-state index in [0.717, 1.165) is 28.9 Å². The Morgan fingerprint density at radius 1 is 0.833 bits per heavy atom. The fourth-order valence-electron chi connectivity index (χ4n) is 2.89. The lowest BCUT2D eigenvalue weighted by molar-refractivity contribution is 0.423. The van der Waals surface area contributed by atoms with E-state index in [1.165, 1.54) is 5.56 Å².